The number of benzene rings is 1. The molecule has 0 bridgehead atoms. The first-order valence-corrected chi connectivity index (χ1v) is 6.69. The number of piperidine rings is 1. The maximum absolute atomic E-state index is 10.3. The van der Waals surface area contributed by atoms with Crippen molar-refractivity contribution < 1.29 is 9.84 Å². The maximum Gasteiger partial charge on any atom is 0.0917 e. The van der Waals surface area contributed by atoms with Gasteiger partial charge in [0.15, 0.2) is 0 Å². The van der Waals surface area contributed by atoms with Crippen molar-refractivity contribution in [3.63, 3.8) is 0 Å². The minimum absolute atomic E-state index is 0.323. The highest BCUT2D eigenvalue weighted by atomic mass is 16.5. The summed E-state index contributed by atoms with van der Waals surface area (Å²) >= 11 is 0. The molecule has 18 heavy (non-hydrogen) atoms. The Morgan fingerprint density at radius 2 is 2.33 bits per heavy atom. The maximum atomic E-state index is 10.3. The van der Waals surface area contributed by atoms with Crippen LogP contribution in [0, 0.1) is 6.92 Å². The van der Waals surface area contributed by atoms with Crippen LogP contribution in [-0.2, 0) is 4.74 Å². The fraction of sp³-hybridized carbons (Fsp3) is 0.600. The molecule has 2 rings (SSSR count). The molecule has 1 heterocycles. The van der Waals surface area contributed by atoms with E-state index >= 15 is 0 Å². The summed E-state index contributed by atoms with van der Waals surface area (Å²) in [5.41, 5.74) is 2.20. The summed E-state index contributed by atoms with van der Waals surface area (Å²) in [6.45, 7) is 4.74. The van der Waals surface area contributed by atoms with E-state index in [2.05, 4.69) is 24.0 Å². The fourth-order valence-electron chi connectivity index (χ4n) is 2.60. The van der Waals surface area contributed by atoms with Gasteiger partial charge in [0.05, 0.1) is 12.2 Å². The highest BCUT2D eigenvalue weighted by molar-refractivity contribution is 5.24. The molecular weight excluding hydrogens is 226 g/mol. The van der Waals surface area contributed by atoms with Crippen LogP contribution in [0.25, 0.3) is 0 Å². The summed E-state index contributed by atoms with van der Waals surface area (Å²) in [7, 11) is 1.77. The number of nitrogens with zero attached hydrogens (tertiary/aromatic N) is 1. The van der Waals surface area contributed by atoms with Crippen molar-refractivity contribution in [2.75, 3.05) is 26.7 Å². The number of methoxy groups -OCH3 is 1. The molecule has 0 aliphatic carbocycles. The van der Waals surface area contributed by atoms with Crippen LogP contribution in [0.1, 0.15) is 30.1 Å². The molecule has 0 amide bonds. The Hall–Kier alpha value is -0.900. The largest absolute Gasteiger partial charge is 0.387 e. The zero-order chi connectivity index (χ0) is 13.0. The fourth-order valence-corrected chi connectivity index (χ4v) is 2.60. The minimum Gasteiger partial charge on any atom is -0.387 e. The lowest BCUT2D eigenvalue weighted by Crippen LogP contribution is -2.41. The number of hydrogen-bond acceptors (Lipinski definition) is 3. The molecule has 2 unspecified atom stereocenters. The van der Waals surface area contributed by atoms with Crippen LogP contribution >= 0.6 is 0 Å². The first-order chi connectivity index (χ1) is 8.69. The van der Waals surface area contributed by atoms with Gasteiger partial charge in [-0.05, 0) is 31.9 Å². The van der Waals surface area contributed by atoms with Gasteiger partial charge in [-0.2, -0.15) is 0 Å². The highest BCUT2D eigenvalue weighted by Gasteiger charge is 2.21. The Labute approximate surface area is 109 Å². The first-order valence-electron chi connectivity index (χ1n) is 6.69. The van der Waals surface area contributed by atoms with Gasteiger partial charge in [0.1, 0.15) is 0 Å². The topological polar surface area (TPSA) is 32.7 Å². The van der Waals surface area contributed by atoms with Crippen LogP contribution in [0.3, 0.4) is 0 Å². The molecule has 3 nitrogen and oxygen atoms in total. The lowest BCUT2D eigenvalue weighted by atomic mass is 10.0. The van der Waals surface area contributed by atoms with Crippen molar-refractivity contribution in [1.29, 1.82) is 0 Å². The number of hydrogen-bond donors (Lipinski definition) is 1. The van der Waals surface area contributed by atoms with Gasteiger partial charge < -0.3 is 9.84 Å². The number of ether oxygens (including phenoxy) is 1. The molecule has 0 spiro atoms. The molecule has 0 aromatic heterocycles. The summed E-state index contributed by atoms with van der Waals surface area (Å²) in [6, 6.07) is 8.11. The van der Waals surface area contributed by atoms with Crippen molar-refractivity contribution in [3.05, 3.63) is 35.4 Å². The van der Waals surface area contributed by atoms with Gasteiger partial charge >= 0.3 is 0 Å². The molecule has 1 aliphatic rings. The lowest BCUT2D eigenvalue weighted by Gasteiger charge is -2.33. The second kappa shape index (κ2) is 6.32. The standard InChI is InChI=1S/C15H23NO2/c1-12-5-3-6-13(9-12)15(17)11-16-8-4-7-14(10-16)18-2/h3,5-6,9,14-15,17H,4,7-8,10-11H2,1-2H3. The SMILES string of the molecule is COC1CCCN(CC(O)c2cccc(C)c2)C1. The van der Waals surface area contributed by atoms with E-state index in [9.17, 15) is 5.11 Å². The number of likely N-dealkylation sites (tertiary alicyclic amines) is 1. The Morgan fingerprint density at radius 3 is 3.06 bits per heavy atom. The zero-order valence-electron chi connectivity index (χ0n) is 11.3. The van der Waals surface area contributed by atoms with Gasteiger partial charge in [-0.1, -0.05) is 29.8 Å². The quantitative estimate of drug-likeness (QED) is 0.887. The Bertz CT molecular complexity index is 381. The molecule has 0 radical (unpaired) electrons. The van der Waals surface area contributed by atoms with Gasteiger partial charge in [-0.3, -0.25) is 4.90 Å². The van der Waals surface area contributed by atoms with Crippen molar-refractivity contribution in [2.45, 2.75) is 32.0 Å². The van der Waals surface area contributed by atoms with Crippen LogP contribution in [-0.4, -0.2) is 42.9 Å². The third kappa shape index (κ3) is 3.55. The van der Waals surface area contributed by atoms with E-state index in [-0.39, 0.29) is 0 Å². The van der Waals surface area contributed by atoms with E-state index in [0.29, 0.717) is 12.6 Å². The number of aliphatic hydroxyl groups is 1. The van der Waals surface area contributed by atoms with Crippen molar-refractivity contribution in [3.8, 4) is 0 Å². The number of aryl methyl sites for hydroxylation is 1. The third-order valence-corrected chi connectivity index (χ3v) is 3.65. The van der Waals surface area contributed by atoms with Gasteiger partial charge in [0.25, 0.3) is 0 Å². The molecule has 0 saturated carbocycles. The van der Waals surface area contributed by atoms with E-state index < -0.39 is 6.10 Å². The molecule has 1 aromatic rings. The lowest BCUT2D eigenvalue weighted by molar-refractivity contribution is 0.0127. The zero-order valence-corrected chi connectivity index (χ0v) is 11.3. The van der Waals surface area contributed by atoms with E-state index in [1.165, 1.54) is 5.56 Å². The van der Waals surface area contributed by atoms with Crippen LogP contribution < -0.4 is 0 Å². The Kier molecular flexibility index (Phi) is 4.75. The third-order valence-electron chi connectivity index (χ3n) is 3.65. The van der Waals surface area contributed by atoms with Gasteiger partial charge in [-0.15, -0.1) is 0 Å². The predicted octanol–water partition coefficient (Wildman–Crippen LogP) is 2.14. The molecular formula is C15H23NO2. The number of rotatable bonds is 4. The van der Waals surface area contributed by atoms with Crippen LogP contribution in [0.15, 0.2) is 24.3 Å². The smallest absolute Gasteiger partial charge is 0.0917 e. The van der Waals surface area contributed by atoms with Crippen molar-refractivity contribution in [1.82, 2.24) is 4.90 Å². The molecule has 1 fully saturated rings. The number of β-amino-alcohol motifs (C(OH)–C–C–N with tert-alkyl or cyclic N) is 1. The normalized spacial score (nSPS) is 22.9. The summed E-state index contributed by atoms with van der Waals surface area (Å²) in [5.74, 6) is 0. The van der Waals surface area contributed by atoms with Crippen LogP contribution in [0.2, 0.25) is 0 Å². The van der Waals surface area contributed by atoms with E-state index in [4.69, 9.17) is 4.74 Å². The van der Waals surface area contributed by atoms with Gasteiger partial charge in [0, 0.05) is 20.2 Å². The Balaban J connectivity index is 1.92. The molecule has 1 saturated heterocycles. The predicted molar refractivity (Wildman–Crippen MR) is 72.6 cm³/mol. The second-order valence-corrected chi connectivity index (χ2v) is 5.19. The van der Waals surface area contributed by atoms with E-state index in [0.717, 1.165) is 31.5 Å². The molecule has 1 N–H and O–H groups in total. The summed E-state index contributed by atoms with van der Waals surface area (Å²) < 4.78 is 5.40. The van der Waals surface area contributed by atoms with Crippen LogP contribution in [0.5, 0.6) is 0 Å². The average molecular weight is 249 g/mol. The summed E-state index contributed by atoms with van der Waals surface area (Å²) in [5, 5.41) is 10.3. The van der Waals surface area contributed by atoms with Crippen molar-refractivity contribution in [2.24, 2.45) is 0 Å². The first kappa shape index (κ1) is 13.5. The minimum atomic E-state index is -0.402. The molecule has 100 valence electrons. The van der Waals surface area contributed by atoms with Crippen molar-refractivity contribution >= 4 is 0 Å². The van der Waals surface area contributed by atoms with Gasteiger partial charge in [-0.25, -0.2) is 0 Å². The van der Waals surface area contributed by atoms with Gasteiger partial charge in [0.2, 0.25) is 0 Å². The highest BCUT2D eigenvalue weighted by Crippen LogP contribution is 2.19. The molecule has 2 atom stereocenters. The molecule has 3 heteroatoms. The monoisotopic (exact) mass is 249 g/mol. The van der Waals surface area contributed by atoms with Crippen LogP contribution in [0.4, 0.5) is 0 Å². The molecule has 1 aromatic carbocycles. The Morgan fingerprint density at radius 1 is 1.50 bits per heavy atom. The average Bonchev–Trinajstić information content (AvgIpc) is 2.39. The summed E-state index contributed by atoms with van der Waals surface area (Å²) in [6.07, 6.45) is 2.20. The van der Waals surface area contributed by atoms with E-state index in [1.807, 2.05) is 12.1 Å². The second-order valence-electron chi connectivity index (χ2n) is 5.19. The molecule has 1 aliphatic heterocycles. The summed E-state index contributed by atoms with van der Waals surface area (Å²) in [4.78, 5) is 2.30. The van der Waals surface area contributed by atoms with E-state index in [1.54, 1.807) is 7.11 Å². The number of aliphatic hydroxyl groups excluding tert-OH is 1.